The minimum absolute atomic E-state index is 0.139. The Hall–Kier alpha value is -0.810. The number of aromatic nitrogens is 2. The smallest absolute Gasteiger partial charge is 0.262 e. The Kier molecular flexibility index (Phi) is 3.91. The van der Waals surface area contributed by atoms with Gasteiger partial charge in [-0.1, -0.05) is 25.6 Å². The number of thioether (sulfide) groups is 1. The van der Waals surface area contributed by atoms with E-state index in [-0.39, 0.29) is 5.56 Å². The molecule has 1 aliphatic rings. The van der Waals surface area contributed by atoms with Gasteiger partial charge in [-0.3, -0.25) is 9.36 Å². The van der Waals surface area contributed by atoms with Crippen LogP contribution in [0, 0.1) is 5.92 Å². The number of aryl methyl sites for hydroxylation is 2. The summed E-state index contributed by atoms with van der Waals surface area (Å²) in [4.78, 5) is 19.7. The fourth-order valence-electron chi connectivity index (χ4n) is 2.64. The van der Waals surface area contributed by atoms with Crippen LogP contribution in [0.3, 0.4) is 0 Å². The lowest BCUT2D eigenvalue weighted by Gasteiger charge is -2.11. The molecular weight excluding hydrogens is 288 g/mol. The van der Waals surface area contributed by atoms with Gasteiger partial charge < -0.3 is 0 Å². The van der Waals surface area contributed by atoms with Gasteiger partial charge in [0.2, 0.25) is 0 Å². The van der Waals surface area contributed by atoms with Gasteiger partial charge in [0.05, 0.1) is 5.39 Å². The first-order valence-electron chi connectivity index (χ1n) is 7.22. The van der Waals surface area contributed by atoms with Crippen LogP contribution in [-0.4, -0.2) is 15.3 Å². The summed E-state index contributed by atoms with van der Waals surface area (Å²) in [5.41, 5.74) is 1.42. The van der Waals surface area contributed by atoms with E-state index < -0.39 is 0 Å². The summed E-state index contributed by atoms with van der Waals surface area (Å²) >= 11 is 3.42. The molecule has 0 fully saturated rings. The SMILES string of the molecule is CC(C)CSc1nc2sc3c(c2c(=O)n1C)CCCC3. The van der Waals surface area contributed by atoms with Gasteiger partial charge in [0.1, 0.15) is 4.83 Å². The Morgan fingerprint density at radius 3 is 2.85 bits per heavy atom. The topological polar surface area (TPSA) is 34.9 Å². The number of hydrogen-bond donors (Lipinski definition) is 0. The third kappa shape index (κ3) is 2.42. The molecule has 3 nitrogen and oxygen atoms in total. The van der Waals surface area contributed by atoms with Gasteiger partial charge in [-0.2, -0.15) is 0 Å². The zero-order chi connectivity index (χ0) is 14.3. The van der Waals surface area contributed by atoms with Crippen LogP contribution in [0.5, 0.6) is 0 Å². The van der Waals surface area contributed by atoms with Crippen molar-refractivity contribution in [2.45, 2.75) is 44.7 Å². The van der Waals surface area contributed by atoms with Crippen molar-refractivity contribution in [3.05, 3.63) is 20.8 Å². The van der Waals surface area contributed by atoms with E-state index in [0.717, 1.165) is 34.0 Å². The number of nitrogens with zero attached hydrogens (tertiary/aromatic N) is 2. The zero-order valence-corrected chi connectivity index (χ0v) is 13.9. The second-order valence-corrected chi connectivity index (χ2v) is 7.93. The third-order valence-corrected chi connectivity index (χ3v) is 6.34. The summed E-state index contributed by atoms with van der Waals surface area (Å²) in [5.74, 6) is 1.60. The lowest BCUT2D eigenvalue weighted by molar-refractivity contribution is 0.694. The average Bonchev–Trinajstić information content (AvgIpc) is 2.79. The predicted octanol–water partition coefficient (Wildman–Crippen LogP) is 3.62. The van der Waals surface area contributed by atoms with E-state index in [4.69, 9.17) is 4.98 Å². The maximum absolute atomic E-state index is 12.6. The second-order valence-electron chi connectivity index (χ2n) is 5.85. The zero-order valence-electron chi connectivity index (χ0n) is 12.2. The molecule has 2 heterocycles. The molecule has 108 valence electrons. The van der Waals surface area contributed by atoms with Crippen molar-refractivity contribution in [3.63, 3.8) is 0 Å². The van der Waals surface area contributed by atoms with Crippen LogP contribution in [-0.2, 0) is 19.9 Å². The first kappa shape index (κ1) is 14.1. The Morgan fingerprint density at radius 2 is 2.10 bits per heavy atom. The Bertz CT molecular complexity index is 700. The number of thiophene rings is 1. The van der Waals surface area contributed by atoms with Crippen LogP contribution in [0.4, 0.5) is 0 Å². The highest BCUT2D eigenvalue weighted by Gasteiger charge is 2.21. The molecule has 0 atom stereocenters. The Morgan fingerprint density at radius 1 is 1.35 bits per heavy atom. The lowest BCUT2D eigenvalue weighted by Crippen LogP contribution is -2.20. The molecule has 0 spiro atoms. The Labute approximate surface area is 127 Å². The second kappa shape index (κ2) is 5.53. The molecule has 3 rings (SSSR count). The van der Waals surface area contributed by atoms with Crippen LogP contribution in [0.2, 0.25) is 0 Å². The highest BCUT2D eigenvalue weighted by atomic mass is 32.2. The summed E-state index contributed by atoms with van der Waals surface area (Å²) in [6.45, 7) is 4.38. The molecule has 0 aliphatic heterocycles. The van der Waals surface area contributed by atoms with E-state index in [2.05, 4.69) is 13.8 Å². The molecule has 0 N–H and O–H groups in total. The summed E-state index contributed by atoms with van der Waals surface area (Å²) in [5, 5.41) is 1.75. The largest absolute Gasteiger partial charge is 0.290 e. The minimum atomic E-state index is 0.139. The van der Waals surface area contributed by atoms with Gasteiger partial charge in [-0.25, -0.2) is 4.98 Å². The highest BCUT2D eigenvalue weighted by molar-refractivity contribution is 7.99. The molecule has 2 aromatic rings. The molecule has 0 aromatic carbocycles. The van der Waals surface area contributed by atoms with E-state index in [0.29, 0.717) is 5.92 Å². The molecule has 2 aromatic heterocycles. The van der Waals surface area contributed by atoms with Gasteiger partial charge >= 0.3 is 0 Å². The van der Waals surface area contributed by atoms with Crippen molar-refractivity contribution in [1.82, 2.24) is 9.55 Å². The molecule has 20 heavy (non-hydrogen) atoms. The molecule has 1 aliphatic carbocycles. The molecule has 0 unspecified atom stereocenters. The van der Waals surface area contributed by atoms with Gasteiger partial charge in [-0.15, -0.1) is 11.3 Å². The quantitative estimate of drug-likeness (QED) is 0.641. The van der Waals surface area contributed by atoms with E-state index in [1.165, 1.54) is 23.3 Å². The van der Waals surface area contributed by atoms with Crippen LogP contribution >= 0.6 is 23.1 Å². The fourth-order valence-corrected chi connectivity index (χ4v) is 4.86. The molecule has 0 saturated heterocycles. The van der Waals surface area contributed by atoms with Crippen molar-refractivity contribution >= 4 is 33.3 Å². The first-order valence-corrected chi connectivity index (χ1v) is 9.02. The summed E-state index contributed by atoms with van der Waals surface area (Å²) in [6, 6.07) is 0. The van der Waals surface area contributed by atoms with E-state index in [1.54, 1.807) is 27.7 Å². The summed E-state index contributed by atoms with van der Waals surface area (Å²) in [7, 11) is 1.85. The molecule has 0 radical (unpaired) electrons. The van der Waals surface area contributed by atoms with Crippen molar-refractivity contribution in [3.8, 4) is 0 Å². The summed E-state index contributed by atoms with van der Waals surface area (Å²) in [6.07, 6.45) is 4.61. The van der Waals surface area contributed by atoms with Crippen LogP contribution in [0.15, 0.2) is 9.95 Å². The standard InChI is InChI=1S/C15H20N2OS2/c1-9(2)8-19-15-16-13-12(14(18)17(15)3)10-6-4-5-7-11(10)20-13/h9H,4-8H2,1-3H3. The number of rotatable bonds is 3. The first-order chi connectivity index (χ1) is 9.58. The summed E-state index contributed by atoms with van der Waals surface area (Å²) < 4.78 is 1.73. The molecule has 0 amide bonds. The minimum Gasteiger partial charge on any atom is -0.290 e. The molecule has 5 heteroatoms. The van der Waals surface area contributed by atoms with Crippen LogP contribution in [0.1, 0.15) is 37.1 Å². The van der Waals surface area contributed by atoms with Crippen LogP contribution < -0.4 is 5.56 Å². The molecule has 0 saturated carbocycles. The van der Waals surface area contributed by atoms with Crippen molar-refractivity contribution in [2.75, 3.05) is 5.75 Å². The van der Waals surface area contributed by atoms with E-state index in [1.807, 2.05) is 7.05 Å². The molecular formula is C15H20N2OS2. The van der Waals surface area contributed by atoms with Crippen molar-refractivity contribution in [1.29, 1.82) is 0 Å². The normalized spacial score (nSPS) is 15.0. The Balaban J connectivity index is 2.12. The van der Waals surface area contributed by atoms with Crippen molar-refractivity contribution < 1.29 is 0 Å². The van der Waals surface area contributed by atoms with Gasteiger partial charge in [0, 0.05) is 17.7 Å². The average molecular weight is 308 g/mol. The van der Waals surface area contributed by atoms with E-state index in [9.17, 15) is 4.79 Å². The van der Waals surface area contributed by atoms with Crippen LogP contribution in [0.25, 0.3) is 10.2 Å². The maximum Gasteiger partial charge on any atom is 0.262 e. The van der Waals surface area contributed by atoms with Gasteiger partial charge in [0.15, 0.2) is 5.16 Å². The highest BCUT2D eigenvalue weighted by Crippen LogP contribution is 2.34. The third-order valence-electron chi connectivity index (χ3n) is 3.70. The van der Waals surface area contributed by atoms with Gasteiger partial charge in [0.25, 0.3) is 5.56 Å². The van der Waals surface area contributed by atoms with E-state index >= 15 is 0 Å². The maximum atomic E-state index is 12.6. The lowest BCUT2D eigenvalue weighted by atomic mass is 9.97. The monoisotopic (exact) mass is 308 g/mol. The fraction of sp³-hybridized carbons (Fsp3) is 0.600. The van der Waals surface area contributed by atoms with Crippen molar-refractivity contribution in [2.24, 2.45) is 13.0 Å². The van der Waals surface area contributed by atoms with Gasteiger partial charge in [-0.05, 0) is 37.2 Å². The molecule has 0 bridgehead atoms. The number of fused-ring (bicyclic) bond motifs is 3. The predicted molar refractivity (Wildman–Crippen MR) is 87.1 cm³/mol. The number of hydrogen-bond acceptors (Lipinski definition) is 4.